The average molecular weight is 350 g/mol. The molecule has 1 aliphatic heterocycles. The van der Waals surface area contributed by atoms with E-state index in [4.69, 9.17) is 17.3 Å². The van der Waals surface area contributed by atoms with E-state index in [0.29, 0.717) is 26.2 Å². The number of piperazine rings is 1. The molecule has 2 aromatic carbocycles. The van der Waals surface area contributed by atoms with E-state index in [1.807, 2.05) is 12.1 Å². The van der Waals surface area contributed by atoms with Gasteiger partial charge in [0.05, 0.1) is 11.3 Å². The van der Waals surface area contributed by atoms with E-state index in [1.165, 1.54) is 6.07 Å². The molecule has 0 saturated carbocycles. The molecule has 1 saturated heterocycles. The smallest absolute Gasteiger partial charge is 0.256 e. The molecule has 1 amide bonds. The molecular weight excluding hydrogens is 333 g/mol. The van der Waals surface area contributed by atoms with Crippen molar-refractivity contribution >= 4 is 28.9 Å². The number of rotatable bonds is 2. The number of phenolic OH excluding ortho intramolecular Hbond substituents is 1. The van der Waals surface area contributed by atoms with Gasteiger partial charge in [0.15, 0.2) is 0 Å². The first-order chi connectivity index (χ1) is 11.5. The lowest BCUT2D eigenvalue weighted by molar-refractivity contribution is 0.0747. The molecule has 7 heteroatoms. The lowest BCUT2D eigenvalue weighted by Gasteiger charge is -2.36. The maximum atomic E-state index is 13.7. The van der Waals surface area contributed by atoms with Crippen molar-refractivity contribution in [1.29, 1.82) is 0 Å². The standard InChI is InChI=1S/C17H17ClFN3O2/c18-11-9-14(16(20)15(19)10-11)17(24)22-7-5-21(6-8-22)12-1-3-13(23)4-2-12/h1-4,9-10,23H,5-8,20H2. The van der Waals surface area contributed by atoms with E-state index in [1.54, 1.807) is 17.0 Å². The predicted molar refractivity (Wildman–Crippen MR) is 92.0 cm³/mol. The summed E-state index contributed by atoms with van der Waals surface area (Å²) in [6.07, 6.45) is 0. The minimum atomic E-state index is -0.687. The molecule has 0 atom stereocenters. The SMILES string of the molecule is Nc1c(F)cc(Cl)cc1C(=O)N1CCN(c2ccc(O)cc2)CC1. The number of hydrogen-bond donors (Lipinski definition) is 2. The second-order valence-electron chi connectivity index (χ2n) is 5.64. The molecule has 1 fully saturated rings. The number of benzene rings is 2. The normalized spacial score (nSPS) is 14.8. The van der Waals surface area contributed by atoms with Gasteiger partial charge in [-0.15, -0.1) is 0 Å². The van der Waals surface area contributed by atoms with Gasteiger partial charge in [-0.05, 0) is 36.4 Å². The van der Waals surface area contributed by atoms with Crippen LogP contribution in [0.2, 0.25) is 5.02 Å². The quantitative estimate of drug-likeness (QED) is 0.818. The van der Waals surface area contributed by atoms with Crippen molar-refractivity contribution in [3.63, 3.8) is 0 Å². The molecule has 0 aromatic heterocycles. The summed E-state index contributed by atoms with van der Waals surface area (Å²) < 4.78 is 13.7. The molecule has 1 aliphatic rings. The number of nitrogens with zero attached hydrogens (tertiary/aromatic N) is 2. The zero-order chi connectivity index (χ0) is 17.3. The highest BCUT2D eigenvalue weighted by Crippen LogP contribution is 2.25. The van der Waals surface area contributed by atoms with Gasteiger partial charge in [-0.1, -0.05) is 11.6 Å². The van der Waals surface area contributed by atoms with E-state index >= 15 is 0 Å². The Bertz CT molecular complexity index is 759. The number of aromatic hydroxyl groups is 1. The Labute approximate surface area is 144 Å². The Morgan fingerprint density at radius 2 is 1.75 bits per heavy atom. The van der Waals surface area contributed by atoms with Crippen molar-refractivity contribution in [3.8, 4) is 5.75 Å². The number of phenols is 1. The Balaban J connectivity index is 1.70. The van der Waals surface area contributed by atoms with Gasteiger partial charge in [-0.25, -0.2) is 4.39 Å². The summed E-state index contributed by atoms with van der Waals surface area (Å²) in [5.74, 6) is -0.793. The van der Waals surface area contributed by atoms with Gasteiger partial charge in [0.25, 0.3) is 5.91 Å². The Hall–Kier alpha value is -2.47. The summed E-state index contributed by atoms with van der Waals surface area (Å²) in [5, 5.41) is 9.49. The largest absolute Gasteiger partial charge is 0.508 e. The first kappa shape index (κ1) is 16.4. The van der Waals surface area contributed by atoms with Gasteiger partial charge in [0.2, 0.25) is 0 Å². The van der Waals surface area contributed by atoms with E-state index in [-0.39, 0.29) is 27.9 Å². The summed E-state index contributed by atoms with van der Waals surface area (Å²) in [6, 6.07) is 9.41. The monoisotopic (exact) mass is 349 g/mol. The average Bonchev–Trinajstić information content (AvgIpc) is 2.58. The molecule has 5 nitrogen and oxygen atoms in total. The second-order valence-corrected chi connectivity index (χ2v) is 6.08. The summed E-state index contributed by atoms with van der Waals surface area (Å²) in [4.78, 5) is 16.3. The second kappa shape index (κ2) is 6.57. The number of amides is 1. The fraction of sp³-hybridized carbons (Fsp3) is 0.235. The van der Waals surface area contributed by atoms with Crippen molar-refractivity contribution in [3.05, 3.63) is 52.8 Å². The maximum Gasteiger partial charge on any atom is 0.256 e. The highest BCUT2D eigenvalue weighted by Gasteiger charge is 2.25. The number of hydrogen-bond acceptors (Lipinski definition) is 4. The third kappa shape index (κ3) is 3.23. The van der Waals surface area contributed by atoms with Gasteiger partial charge in [-0.3, -0.25) is 4.79 Å². The van der Waals surface area contributed by atoms with Crippen LogP contribution in [0.1, 0.15) is 10.4 Å². The van der Waals surface area contributed by atoms with Crippen LogP contribution in [-0.2, 0) is 0 Å². The fourth-order valence-corrected chi connectivity index (χ4v) is 2.97. The van der Waals surface area contributed by atoms with E-state index in [2.05, 4.69) is 4.90 Å². The molecule has 1 heterocycles. The lowest BCUT2D eigenvalue weighted by atomic mass is 10.1. The van der Waals surface area contributed by atoms with E-state index < -0.39 is 5.82 Å². The summed E-state index contributed by atoms with van der Waals surface area (Å²) >= 11 is 5.83. The molecule has 3 N–H and O–H groups in total. The van der Waals surface area contributed by atoms with Crippen LogP contribution in [0.3, 0.4) is 0 Å². The van der Waals surface area contributed by atoms with Crippen LogP contribution in [0.15, 0.2) is 36.4 Å². The van der Waals surface area contributed by atoms with Gasteiger partial charge in [-0.2, -0.15) is 0 Å². The fourth-order valence-electron chi connectivity index (χ4n) is 2.76. The Morgan fingerprint density at radius 3 is 2.38 bits per heavy atom. The molecule has 0 radical (unpaired) electrons. The highest BCUT2D eigenvalue weighted by molar-refractivity contribution is 6.31. The van der Waals surface area contributed by atoms with E-state index in [9.17, 15) is 14.3 Å². The number of nitrogens with two attached hydrogens (primary N) is 1. The number of anilines is 2. The predicted octanol–water partition coefficient (Wildman–Crippen LogP) is 2.73. The van der Waals surface area contributed by atoms with E-state index in [0.717, 1.165) is 11.8 Å². The molecule has 0 spiro atoms. The highest BCUT2D eigenvalue weighted by atomic mass is 35.5. The third-order valence-electron chi connectivity index (χ3n) is 4.11. The molecular formula is C17H17ClFN3O2. The van der Waals surface area contributed by atoms with Crippen LogP contribution < -0.4 is 10.6 Å². The van der Waals surface area contributed by atoms with Crippen LogP contribution in [0.5, 0.6) is 5.75 Å². The summed E-state index contributed by atoms with van der Waals surface area (Å²) in [5.41, 5.74) is 6.58. The zero-order valence-corrected chi connectivity index (χ0v) is 13.6. The van der Waals surface area contributed by atoms with Crippen LogP contribution in [0.4, 0.5) is 15.8 Å². The summed E-state index contributed by atoms with van der Waals surface area (Å²) in [6.45, 7) is 2.26. The molecule has 24 heavy (non-hydrogen) atoms. The first-order valence-corrected chi connectivity index (χ1v) is 7.91. The zero-order valence-electron chi connectivity index (χ0n) is 12.9. The number of carbonyl (C=O) groups is 1. The van der Waals surface area contributed by atoms with Crippen molar-refractivity contribution in [1.82, 2.24) is 4.90 Å². The third-order valence-corrected chi connectivity index (χ3v) is 4.32. The van der Waals surface area contributed by atoms with Crippen LogP contribution >= 0.6 is 11.6 Å². The van der Waals surface area contributed by atoms with Gasteiger partial charge >= 0.3 is 0 Å². The number of nitrogen functional groups attached to an aromatic ring is 1. The van der Waals surface area contributed by atoms with Crippen LogP contribution in [0.25, 0.3) is 0 Å². The van der Waals surface area contributed by atoms with Gasteiger partial charge in [0.1, 0.15) is 11.6 Å². The molecule has 0 bridgehead atoms. The van der Waals surface area contributed by atoms with Crippen LogP contribution in [-0.4, -0.2) is 42.1 Å². The lowest BCUT2D eigenvalue weighted by Crippen LogP contribution is -2.49. The minimum Gasteiger partial charge on any atom is -0.508 e. The van der Waals surface area contributed by atoms with Gasteiger partial charge < -0.3 is 20.6 Å². The first-order valence-electron chi connectivity index (χ1n) is 7.53. The summed E-state index contributed by atoms with van der Waals surface area (Å²) in [7, 11) is 0. The van der Waals surface area contributed by atoms with Gasteiger partial charge in [0, 0.05) is 36.9 Å². The Morgan fingerprint density at radius 1 is 1.12 bits per heavy atom. The topological polar surface area (TPSA) is 69.8 Å². The van der Waals surface area contributed by atoms with Crippen LogP contribution in [0, 0.1) is 5.82 Å². The van der Waals surface area contributed by atoms with Crippen molar-refractivity contribution in [2.45, 2.75) is 0 Å². The number of carbonyl (C=O) groups excluding carboxylic acids is 1. The molecule has 0 unspecified atom stereocenters. The van der Waals surface area contributed by atoms with Crippen molar-refractivity contribution < 1.29 is 14.3 Å². The molecule has 0 aliphatic carbocycles. The minimum absolute atomic E-state index is 0.0954. The molecule has 126 valence electrons. The maximum absolute atomic E-state index is 13.7. The van der Waals surface area contributed by atoms with Crippen molar-refractivity contribution in [2.24, 2.45) is 0 Å². The molecule has 2 aromatic rings. The Kier molecular flexibility index (Phi) is 4.49. The number of halogens is 2. The van der Waals surface area contributed by atoms with Crippen molar-refractivity contribution in [2.75, 3.05) is 36.8 Å². The molecule has 3 rings (SSSR count).